The van der Waals surface area contributed by atoms with Crippen LogP contribution in [-0.2, 0) is 4.79 Å². The van der Waals surface area contributed by atoms with Gasteiger partial charge in [-0.15, -0.1) is 0 Å². The van der Waals surface area contributed by atoms with Crippen LogP contribution in [0.15, 0.2) is 54.2 Å². The smallest absolute Gasteiger partial charge is 0.260 e. The van der Waals surface area contributed by atoms with Crippen LogP contribution in [-0.4, -0.2) is 53.2 Å². The van der Waals surface area contributed by atoms with Gasteiger partial charge in [0, 0.05) is 49.7 Å². The summed E-state index contributed by atoms with van der Waals surface area (Å²) >= 11 is 0. The number of aromatic nitrogens is 6. The molecule has 0 aromatic carbocycles. The van der Waals surface area contributed by atoms with E-state index in [1.807, 2.05) is 33.8 Å². The van der Waals surface area contributed by atoms with Crippen LogP contribution in [0.5, 0.6) is 0 Å². The summed E-state index contributed by atoms with van der Waals surface area (Å²) < 4.78 is 3.71. The first-order valence-electron chi connectivity index (χ1n) is 8.91. The lowest BCUT2D eigenvalue weighted by Gasteiger charge is -2.38. The number of carbonyl (C=O) groups excluding carboxylic acids is 1. The lowest BCUT2D eigenvalue weighted by atomic mass is 10.1. The second-order valence-corrected chi connectivity index (χ2v) is 6.84. The maximum Gasteiger partial charge on any atom is 0.260 e. The molecule has 28 heavy (non-hydrogen) atoms. The zero-order valence-corrected chi connectivity index (χ0v) is 15.1. The van der Waals surface area contributed by atoms with Crippen LogP contribution >= 0.6 is 0 Å². The average Bonchev–Trinajstić information content (AvgIpc) is 3.26. The molecule has 4 aromatic heterocycles. The molecule has 1 aliphatic rings. The Morgan fingerprint density at radius 2 is 2.11 bits per heavy atom. The van der Waals surface area contributed by atoms with Crippen molar-refractivity contribution in [2.24, 2.45) is 0 Å². The summed E-state index contributed by atoms with van der Waals surface area (Å²) in [4.78, 5) is 36.9. The lowest BCUT2D eigenvalue weighted by molar-refractivity contribution is -0.134. The Morgan fingerprint density at radius 1 is 1.25 bits per heavy atom. The van der Waals surface area contributed by atoms with Crippen LogP contribution in [0, 0.1) is 0 Å². The van der Waals surface area contributed by atoms with Crippen molar-refractivity contribution in [2.45, 2.75) is 13.0 Å². The Balaban J connectivity index is 1.59. The molecule has 140 valence electrons. The van der Waals surface area contributed by atoms with Crippen molar-refractivity contribution in [1.29, 1.82) is 0 Å². The van der Waals surface area contributed by atoms with Gasteiger partial charge in [0.05, 0.1) is 35.8 Å². The molecule has 0 saturated carbocycles. The monoisotopic (exact) mass is 375 g/mol. The molecule has 1 N–H and O–H groups in total. The Bertz CT molecular complexity index is 1230. The number of amides is 1. The van der Waals surface area contributed by atoms with E-state index in [1.165, 1.54) is 6.33 Å². The largest absolute Gasteiger partial charge is 0.339 e. The summed E-state index contributed by atoms with van der Waals surface area (Å²) in [7, 11) is 0. The summed E-state index contributed by atoms with van der Waals surface area (Å²) in [6, 6.07) is 3.90. The standard InChI is InChI=1S/C19H17N7O2/c1-12(27)24-8-15(9-24)26-7-13(5-23-26)16-10-25(14-3-2-4-20-6-14)18-17(16)19(28)22-11-21-18/h2-7,10-11,15H,8-9H2,1H3,(H,21,22,28). The van der Waals surface area contributed by atoms with Crippen molar-refractivity contribution in [2.75, 3.05) is 13.1 Å². The summed E-state index contributed by atoms with van der Waals surface area (Å²) in [6.07, 6.45) is 10.4. The van der Waals surface area contributed by atoms with Gasteiger partial charge in [-0.2, -0.15) is 5.10 Å². The van der Waals surface area contributed by atoms with Crippen molar-refractivity contribution < 1.29 is 4.79 Å². The van der Waals surface area contributed by atoms with Crippen molar-refractivity contribution in [3.8, 4) is 16.8 Å². The molecule has 0 radical (unpaired) electrons. The van der Waals surface area contributed by atoms with E-state index in [9.17, 15) is 9.59 Å². The highest BCUT2D eigenvalue weighted by Gasteiger charge is 2.30. The van der Waals surface area contributed by atoms with Crippen molar-refractivity contribution in [3.05, 3.63) is 59.8 Å². The van der Waals surface area contributed by atoms with Gasteiger partial charge in [-0.3, -0.25) is 23.8 Å². The molecule has 1 aliphatic heterocycles. The molecular formula is C19H17N7O2. The van der Waals surface area contributed by atoms with Crippen molar-refractivity contribution in [1.82, 2.24) is 34.2 Å². The Kier molecular flexibility index (Phi) is 3.61. The number of H-pyrrole nitrogens is 1. The van der Waals surface area contributed by atoms with Gasteiger partial charge in [0.15, 0.2) is 5.65 Å². The Morgan fingerprint density at radius 3 is 2.86 bits per heavy atom. The zero-order chi connectivity index (χ0) is 19.3. The van der Waals surface area contributed by atoms with Gasteiger partial charge in [-0.25, -0.2) is 4.98 Å². The molecule has 5 heterocycles. The highest BCUT2D eigenvalue weighted by Crippen LogP contribution is 2.30. The van der Waals surface area contributed by atoms with E-state index in [0.717, 1.165) is 16.8 Å². The van der Waals surface area contributed by atoms with E-state index in [0.29, 0.717) is 24.1 Å². The SMILES string of the molecule is CC(=O)N1CC(n2cc(-c3cn(-c4cccnc4)c4nc[nH]c(=O)c34)cn2)C1. The molecule has 4 aromatic rings. The predicted molar refractivity (Wildman–Crippen MR) is 102 cm³/mol. The minimum absolute atomic E-state index is 0.0702. The van der Waals surface area contributed by atoms with Gasteiger partial charge in [-0.05, 0) is 12.1 Å². The molecule has 9 nitrogen and oxygen atoms in total. The number of rotatable bonds is 3. The molecule has 5 rings (SSSR count). The van der Waals surface area contributed by atoms with Crippen molar-refractivity contribution in [3.63, 3.8) is 0 Å². The number of hydrogen-bond acceptors (Lipinski definition) is 5. The third kappa shape index (κ3) is 2.51. The zero-order valence-electron chi connectivity index (χ0n) is 15.1. The van der Waals surface area contributed by atoms with E-state index < -0.39 is 0 Å². The molecule has 0 spiro atoms. The highest BCUT2D eigenvalue weighted by molar-refractivity contribution is 5.94. The molecule has 0 unspecified atom stereocenters. The lowest BCUT2D eigenvalue weighted by Crippen LogP contribution is -2.49. The van der Waals surface area contributed by atoms with E-state index in [4.69, 9.17) is 0 Å². The predicted octanol–water partition coefficient (Wildman–Crippen LogP) is 1.38. The maximum atomic E-state index is 12.5. The summed E-state index contributed by atoms with van der Waals surface area (Å²) in [5.41, 5.74) is 2.75. The normalized spacial score (nSPS) is 14.4. The molecular weight excluding hydrogens is 358 g/mol. The van der Waals surface area contributed by atoms with Gasteiger partial charge >= 0.3 is 0 Å². The van der Waals surface area contributed by atoms with Gasteiger partial charge in [0.2, 0.25) is 5.91 Å². The van der Waals surface area contributed by atoms with Crippen LogP contribution in [0.4, 0.5) is 0 Å². The average molecular weight is 375 g/mol. The Labute approximate surface area is 159 Å². The molecule has 1 fully saturated rings. The first kappa shape index (κ1) is 16.4. The van der Waals surface area contributed by atoms with Crippen molar-refractivity contribution >= 4 is 16.9 Å². The highest BCUT2D eigenvalue weighted by atomic mass is 16.2. The Hall–Kier alpha value is -3.75. The van der Waals surface area contributed by atoms with Gasteiger partial charge in [0.25, 0.3) is 5.56 Å². The minimum Gasteiger partial charge on any atom is -0.339 e. The number of pyridine rings is 1. The maximum absolute atomic E-state index is 12.5. The van der Waals surface area contributed by atoms with Crippen LogP contribution in [0.2, 0.25) is 0 Å². The number of nitrogens with zero attached hydrogens (tertiary/aromatic N) is 6. The fourth-order valence-electron chi connectivity index (χ4n) is 3.54. The number of likely N-dealkylation sites (tertiary alicyclic amines) is 1. The molecule has 0 aliphatic carbocycles. The second-order valence-electron chi connectivity index (χ2n) is 6.84. The van der Waals surface area contributed by atoms with Gasteiger partial charge < -0.3 is 9.88 Å². The quantitative estimate of drug-likeness (QED) is 0.583. The van der Waals surface area contributed by atoms with E-state index >= 15 is 0 Å². The number of aromatic amines is 1. The number of hydrogen-bond donors (Lipinski definition) is 1. The molecule has 1 amide bonds. The van der Waals surface area contributed by atoms with Gasteiger partial charge in [-0.1, -0.05) is 0 Å². The first-order valence-corrected chi connectivity index (χ1v) is 8.91. The van der Waals surface area contributed by atoms with Crippen LogP contribution in [0.25, 0.3) is 27.8 Å². The number of carbonyl (C=O) groups is 1. The molecule has 0 atom stereocenters. The van der Waals surface area contributed by atoms with Crippen LogP contribution in [0.3, 0.4) is 0 Å². The number of nitrogens with one attached hydrogen (secondary N) is 1. The van der Waals surface area contributed by atoms with E-state index in [-0.39, 0.29) is 17.5 Å². The van der Waals surface area contributed by atoms with E-state index in [1.54, 1.807) is 30.4 Å². The fourth-order valence-corrected chi connectivity index (χ4v) is 3.54. The summed E-state index contributed by atoms with van der Waals surface area (Å²) in [5, 5.41) is 4.96. The number of fused-ring (bicyclic) bond motifs is 1. The first-order chi connectivity index (χ1) is 13.6. The summed E-state index contributed by atoms with van der Waals surface area (Å²) in [6.45, 7) is 2.86. The molecule has 0 bridgehead atoms. The van der Waals surface area contributed by atoms with E-state index in [2.05, 4.69) is 20.1 Å². The summed E-state index contributed by atoms with van der Waals surface area (Å²) in [5.74, 6) is 0.0702. The minimum atomic E-state index is -0.207. The van der Waals surface area contributed by atoms with Crippen LogP contribution in [0.1, 0.15) is 13.0 Å². The second kappa shape index (κ2) is 6.15. The molecule has 1 saturated heterocycles. The topological polar surface area (TPSA) is 102 Å². The fraction of sp³-hybridized carbons (Fsp3) is 0.211. The van der Waals surface area contributed by atoms with Crippen LogP contribution < -0.4 is 5.56 Å². The van der Waals surface area contributed by atoms with Gasteiger partial charge in [0.1, 0.15) is 0 Å². The third-order valence-corrected chi connectivity index (χ3v) is 5.11. The third-order valence-electron chi connectivity index (χ3n) is 5.11. The molecule has 9 heteroatoms.